The van der Waals surface area contributed by atoms with Crippen LogP contribution in [-0.2, 0) is 35.1 Å². The quantitative estimate of drug-likeness (QED) is 0.0306. The number of aliphatic hydroxyl groups is 2. The number of rotatable bonds is 12. The van der Waals surface area contributed by atoms with Gasteiger partial charge in [0.25, 0.3) is 0 Å². The van der Waals surface area contributed by atoms with Gasteiger partial charge in [-0.25, -0.2) is 24.0 Å². The van der Waals surface area contributed by atoms with E-state index in [9.17, 15) is 34.2 Å². The topological polar surface area (TPSA) is 295 Å². The van der Waals surface area contributed by atoms with Crippen LogP contribution in [0.5, 0.6) is 0 Å². The number of carbonyl (C=O) groups is 4. The summed E-state index contributed by atoms with van der Waals surface area (Å²) in [6.45, 7) is 9.26. The van der Waals surface area contributed by atoms with Crippen LogP contribution in [-0.4, -0.2) is 125 Å². The third kappa shape index (κ3) is 9.51. The fourth-order valence-corrected chi connectivity index (χ4v) is 6.70. The van der Waals surface area contributed by atoms with Crippen molar-refractivity contribution in [2.45, 2.75) is 89.3 Å². The number of hydrogen-bond acceptors (Lipinski definition) is 18. The summed E-state index contributed by atoms with van der Waals surface area (Å²) in [5, 5.41) is 32.8. The number of hydrogen-bond donors (Lipinski definition) is 8. The zero-order valence-corrected chi connectivity index (χ0v) is 32.1. The van der Waals surface area contributed by atoms with Crippen molar-refractivity contribution in [1.29, 1.82) is 0 Å². The highest BCUT2D eigenvalue weighted by Crippen LogP contribution is 2.41. The summed E-state index contributed by atoms with van der Waals surface area (Å²) in [5.41, 5.74) is 9.05. The van der Waals surface area contributed by atoms with E-state index in [4.69, 9.17) is 34.8 Å². The van der Waals surface area contributed by atoms with E-state index in [0.717, 1.165) is 0 Å². The van der Waals surface area contributed by atoms with Gasteiger partial charge in [-0.05, 0) is 53.7 Å². The number of nitrogens with zero attached hydrogens (tertiary/aromatic N) is 3. The van der Waals surface area contributed by atoms with Crippen molar-refractivity contribution < 1.29 is 57.3 Å². The van der Waals surface area contributed by atoms with Crippen LogP contribution >= 0.6 is 0 Å². The maximum Gasteiger partial charge on any atom is 0.407 e. The van der Waals surface area contributed by atoms with Gasteiger partial charge in [-0.3, -0.25) is 20.6 Å². The number of ether oxygens (including phenoxy) is 4. The number of carbonyl (C=O) groups excluding carboxylic acids is 4. The summed E-state index contributed by atoms with van der Waals surface area (Å²) < 4.78 is 28.5. The maximum absolute atomic E-state index is 12.7. The molecule has 0 bridgehead atoms. The van der Waals surface area contributed by atoms with E-state index in [-0.39, 0.29) is 69.9 Å². The van der Waals surface area contributed by atoms with Gasteiger partial charge in [0.15, 0.2) is 12.0 Å². The molecule has 3 atom stereocenters. The van der Waals surface area contributed by atoms with Crippen molar-refractivity contribution >= 4 is 52.7 Å². The normalized spacial score (nSPS) is 21.1. The van der Waals surface area contributed by atoms with Gasteiger partial charge in [0.1, 0.15) is 49.1 Å². The lowest BCUT2D eigenvalue weighted by Gasteiger charge is -2.42. The number of nitrogens with one attached hydrogen (secondary N) is 4. The number of amides is 2. The molecule has 3 aliphatic heterocycles. The number of aliphatic imine (C=N–C) groups is 1. The van der Waals surface area contributed by atoms with Gasteiger partial charge >= 0.3 is 35.7 Å². The zero-order chi connectivity index (χ0) is 41.2. The summed E-state index contributed by atoms with van der Waals surface area (Å²) in [6.07, 6.45) is -1.70. The lowest BCUT2D eigenvalue weighted by Crippen LogP contribution is -2.77. The Kier molecular flexibility index (Phi) is 11.6. The highest BCUT2D eigenvalue weighted by molar-refractivity contribution is 5.87. The van der Waals surface area contributed by atoms with Crippen LogP contribution in [0.4, 0.5) is 15.3 Å². The van der Waals surface area contributed by atoms with Crippen molar-refractivity contribution in [1.82, 2.24) is 21.3 Å². The first-order valence-corrected chi connectivity index (χ1v) is 17.9. The standard InChI is InChI=1S/C35H49N9O12/c1-32(2,3)55-25(46)15-43(16-26(47)56-33(4,5)6)20-7-8-21-19(13-24(45)54-23(21)14-20)17-52-30(48)38-10-11-39-31(49)53-18-22-27-35(42-28(36)41-27)34(50,51)9-12-44(35)29(37)40-22/h7-8,13-14,22,27,50-51H,9-12,15-18H2,1-6H3,(H7,36,37,38,39,40,41,42,48,49)/p+1/t22-,27-,35-/m0/s1. The molecule has 4 heterocycles. The number of benzene rings is 1. The number of alkyl carbamates (subject to hydrolysis) is 2. The molecule has 56 heavy (non-hydrogen) atoms. The largest absolute Gasteiger partial charge is 0.459 e. The molecule has 0 aliphatic carbocycles. The highest BCUT2D eigenvalue weighted by atomic mass is 16.6. The molecule has 0 saturated carbocycles. The lowest BCUT2D eigenvalue weighted by atomic mass is 9.87. The van der Waals surface area contributed by atoms with Gasteiger partial charge < -0.3 is 60.2 Å². The molecule has 5 rings (SSSR count). The lowest BCUT2D eigenvalue weighted by molar-refractivity contribution is -0.623. The number of esters is 2. The van der Waals surface area contributed by atoms with Gasteiger partial charge in [0, 0.05) is 48.3 Å². The molecule has 1 fully saturated rings. The van der Waals surface area contributed by atoms with Gasteiger partial charge in [-0.1, -0.05) is 0 Å². The molecule has 0 radical (unpaired) electrons. The first-order valence-electron chi connectivity index (χ1n) is 17.9. The monoisotopic (exact) mass is 788 g/mol. The molecular formula is C35H50N9O12+. The molecule has 1 saturated heterocycles. The van der Waals surface area contributed by atoms with Gasteiger partial charge in [0.05, 0.1) is 6.54 Å². The average molecular weight is 789 g/mol. The van der Waals surface area contributed by atoms with Crippen molar-refractivity contribution in [2.75, 3.05) is 44.2 Å². The fourth-order valence-electron chi connectivity index (χ4n) is 6.70. The Balaban J connectivity index is 1.13. The SMILES string of the molecule is CC(C)(C)OC(=O)CN(CC(=O)OC(C)(C)C)c1ccc2c(COC(=O)NCCNC(=O)OC[C@@H]3NC(N)=[N+]4CCC(O)(O)[C@@]45NC(N)=N[C@@H]35)cc(=O)oc2c1. The van der Waals surface area contributed by atoms with Crippen LogP contribution in [0.1, 0.15) is 53.5 Å². The first kappa shape index (κ1) is 41.3. The Morgan fingerprint density at radius 1 is 0.982 bits per heavy atom. The second-order valence-electron chi connectivity index (χ2n) is 15.5. The minimum Gasteiger partial charge on any atom is -0.459 e. The van der Waals surface area contributed by atoms with E-state index in [2.05, 4.69) is 26.3 Å². The summed E-state index contributed by atoms with van der Waals surface area (Å²) in [5.74, 6) is -3.30. The molecular weight excluding hydrogens is 738 g/mol. The molecule has 1 spiro atoms. The summed E-state index contributed by atoms with van der Waals surface area (Å²) >= 11 is 0. The predicted octanol–water partition coefficient (Wildman–Crippen LogP) is -1.40. The molecule has 3 aliphatic rings. The Hall–Kier alpha value is -5.83. The third-order valence-corrected chi connectivity index (χ3v) is 8.83. The number of guanidine groups is 2. The smallest absolute Gasteiger partial charge is 0.407 e. The molecule has 10 N–H and O–H groups in total. The Bertz CT molecular complexity index is 1950. The highest BCUT2D eigenvalue weighted by Gasteiger charge is 2.71. The zero-order valence-electron chi connectivity index (χ0n) is 32.1. The van der Waals surface area contributed by atoms with E-state index in [1.807, 2.05) is 0 Å². The van der Waals surface area contributed by atoms with E-state index < -0.39 is 64.5 Å². The Labute approximate surface area is 321 Å². The van der Waals surface area contributed by atoms with E-state index in [1.54, 1.807) is 53.7 Å². The van der Waals surface area contributed by atoms with Crippen LogP contribution in [0.2, 0.25) is 0 Å². The Morgan fingerprint density at radius 2 is 1.59 bits per heavy atom. The molecule has 1 aromatic heterocycles. The second kappa shape index (κ2) is 15.7. The molecule has 306 valence electrons. The van der Waals surface area contributed by atoms with E-state index in [0.29, 0.717) is 16.6 Å². The van der Waals surface area contributed by atoms with Crippen molar-refractivity contribution in [3.05, 3.63) is 40.2 Å². The van der Waals surface area contributed by atoms with E-state index in [1.165, 1.54) is 21.6 Å². The molecule has 2 aromatic rings. The van der Waals surface area contributed by atoms with Crippen LogP contribution in [0.25, 0.3) is 11.0 Å². The van der Waals surface area contributed by atoms with Gasteiger partial charge in [0.2, 0.25) is 11.4 Å². The molecule has 1 aromatic carbocycles. The fraction of sp³-hybridized carbons (Fsp3) is 0.571. The van der Waals surface area contributed by atoms with Crippen LogP contribution in [0, 0.1) is 0 Å². The van der Waals surface area contributed by atoms with E-state index >= 15 is 0 Å². The number of fused-ring (bicyclic) bond motifs is 1. The van der Waals surface area contributed by atoms with Gasteiger partial charge in [-0.2, -0.15) is 0 Å². The third-order valence-electron chi connectivity index (χ3n) is 8.83. The summed E-state index contributed by atoms with van der Waals surface area (Å²) in [4.78, 5) is 68.7. The molecule has 2 amide bonds. The summed E-state index contributed by atoms with van der Waals surface area (Å²) in [7, 11) is 0. The average Bonchev–Trinajstić information content (AvgIpc) is 3.57. The predicted molar refractivity (Wildman–Crippen MR) is 198 cm³/mol. The number of nitrogens with two attached hydrogens (primary N) is 2. The van der Waals surface area contributed by atoms with Crippen LogP contribution in [0.3, 0.4) is 0 Å². The molecule has 0 unspecified atom stereocenters. The molecule has 21 heteroatoms. The summed E-state index contributed by atoms with van der Waals surface area (Å²) in [6, 6.07) is 4.25. The second-order valence-corrected chi connectivity index (χ2v) is 15.5. The van der Waals surface area contributed by atoms with Crippen molar-refractivity contribution in [3.63, 3.8) is 0 Å². The number of anilines is 1. The van der Waals surface area contributed by atoms with Crippen molar-refractivity contribution in [3.8, 4) is 0 Å². The van der Waals surface area contributed by atoms with Gasteiger partial charge in [-0.15, -0.1) is 0 Å². The Morgan fingerprint density at radius 3 is 2.20 bits per heavy atom. The first-order chi connectivity index (χ1) is 26.1. The minimum atomic E-state index is -2.23. The molecule has 21 nitrogen and oxygen atoms in total. The van der Waals surface area contributed by atoms with Crippen molar-refractivity contribution in [2.24, 2.45) is 16.5 Å². The van der Waals surface area contributed by atoms with Crippen LogP contribution in [0.15, 0.2) is 38.5 Å². The van der Waals surface area contributed by atoms with Crippen LogP contribution < -0.4 is 43.3 Å². The minimum absolute atomic E-state index is 0.0213. The maximum atomic E-state index is 12.7.